The Morgan fingerprint density at radius 3 is 2.35 bits per heavy atom. The molecule has 0 aromatic rings. The van der Waals surface area contributed by atoms with E-state index in [1.54, 1.807) is 5.57 Å². The van der Waals surface area contributed by atoms with Crippen LogP contribution in [0.4, 0.5) is 0 Å². The van der Waals surface area contributed by atoms with Crippen LogP contribution in [-0.4, -0.2) is 11.2 Å². The maximum absolute atomic E-state index is 10.3. The van der Waals surface area contributed by atoms with Gasteiger partial charge in [0.05, 0.1) is 6.10 Å². The summed E-state index contributed by atoms with van der Waals surface area (Å²) < 4.78 is 0. The minimum atomic E-state index is -0.0810. The zero-order valence-electron chi connectivity index (χ0n) is 21.6. The lowest BCUT2D eigenvalue weighted by molar-refractivity contribution is -0.0592. The molecule has 5 aliphatic rings. The Balaban J connectivity index is 1.35. The molecule has 0 aromatic heterocycles. The first-order valence-electron chi connectivity index (χ1n) is 13.9. The minimum Gasteiger partial charge on any atom is -0.393 e. The van der Waals surface area contributed by atoms with Crippen molar-refractivity contribution >= 4 is 0 Å². The van der Waals surface area contributed by atoms with Crippen LogP contribution in [0.5, 0.6) is 0 Å². The summed E-state index contributed by atoms with van der Waals surface area (Å²) in [6, 6.07) is 0. The Morgan fingerprint density at radius 1 is 0.903 bits per heavy atom. The van der Waals surface area contributed by atoms with Crippen LogP contribution in [0.15, 0.2) is 11.6 Å². The van der Waals surface area contributed by atoms with Crippen LogP contribution in [-0.2, 0) is 0 Å². The van der Waals surface area contributed by atoms with E-state index in [-0.39, 0.29) is 6.10 Å². The summed E-state index contributed by atoms with van der Waals surface area (Å²) in [6.45, 7) is 17.9. The van der Waals surface area contributed by atoms with E-state index in [1.165, 1.54) is 44.9 Å². The molecule has 1 N–H and O–H groups in total. The molecule has 0 bridgehead atoms. The first-order chi connectivity index (χ1) is 14.5. The van der Waals surface area contributed by atoms with Gasteiger partial charge in [0.25, 0.3) is 0 Å². The highest BCUT2D eigenvalue weighted by Gasteiger charge is 2.63. The average molecular weight is 427 g/mol. The van der Waals surface area contributed by atoms with E-state index in [0.29, 0.717) is 16.2 Å². The molecule has 176 valence electrons. The van der Waals surface area contributed by atoms with Crippen molar-refractivity contribution in [2.75, 3.05) is 0 Å². The van der Waals surface area contributed by atoms with E-state index in [4.69, 9.17) is 0 Å². The summed E-state index contributed by atoms with van der Waals surface area (Å²) in [5.74, 6) is 7.17. The molecule has 10 unspecified atom stereocenters. The van der Waals surface area contributed by atoms with Crippen molar-refractivity contribution in [1.82, 2.24) is 0 Å². The predicted octanol–water partition coefficient (Wildman–Crippen LogP) is 7.88. The quantitative estimate of drug-likeness (QED) is 0.453. The molecule has 0 aromatic carbocycles. The molecule has 0 amide bonds. The Morgan fingerprint density at radius 2 is 1.65 bits per heavy atom. The zero-order chi connectivity index (χ0) is 22.3. The Labute approximate surface area is 192 Å². The number of allylic oxidation sites excluding steroid dienone is 1. The van der Waals surface area contributed by atoms with Crippen LogP contribution in [0.25, 0.3) is 0 Å². The molecule has 4 saturated carbocycles. The summed E-state index contributed by atoms with van der Waals surface area (Å²) in [4.78, 5) is 0. The second-order valence-electron chi connectivity index (χ2n) is 14.1. The molecule has 1 heteroatoms. The van der Waals surface area contributed by atoms with E-state index >= 15 is 0 Å². The van der Waals surface area contributed by atoms with Crippen LogP contribution >= 0.6 is 0 Å². The fraction of sp³-hybridized carbons (Fsp3) is 0.933. The van der Waals surface area contributed by atoms with Gasteiger partial charge in [-0.25, -0.2) is 0 Å². The average Bonchev–Trinajstić information content (AvgIpc) is 3.29. The number of aliphatic hydroxyl groups excluding tert-OH is 1. The van der Waals surface area contributed by atoms with Crippen molar-refractivity contribution in [3.63, 3.8) is 0 Å². The molecule has 5 aliphatic carbocycles. The third-order valence-corrected chi connectivity index (χ3v) is 12.8. The van der Waals surface area contributed by atoms with Gasteiger partial charge in [0.2, 0.25) is 0 Å². The highest BCUT2D eigenvalue weighted by Crippen LogP contribution is 2.71. The number of fused-ring (bicyclic) bond motifs is 5. The van der Waals surface area contributed by atoms with Gasteiger partial charge in [0, 0.05) is 0 Å². The van der Waals surface area contributed by atoms with Crippen molar-refractivity contribution in [2.45, 2.75) is 112 Å². The van der Waals surface area contributed by atoms with Gasteiger partial charge < -0.3 is 5.11 Å². The summed E-state index contributed by atoms with van der Waals surface area (Å²) in [7, 11) is 0. The second-order valence-corrected chi connectivity index (χ2v) is 14.1. The molecule has 11 atom stereocenters. The summed E-state index contributed by atoms with van der Waals surface area (Å²) in [5, 5.41) is 10.3. The van der Waals surface area contributed by atoms with Crippen molar-refractivity contribution in [1.29, 1.82) is 0 Å². The van der Waals surface area contributed by atoms with Gasteiger partial charge in [-0.05, 0) is 121 Å². The van der Waals surface area contributed by atoms with Gasteiger partial charge in [-0.1, -0.05) is 60.1 Å². The van der Waals surface area contributed by atoms with Gasteiger partial charge in [-0.15, -0.1) is 0 Å². The second kappa shape index (κ2) is 7.35. The number of rotatable bonds is 4. The first-order valence-corrected chi connectivity index (χ1v) is 13.9. The third kappa shape index (κ3) is 3.18. The van der Waals surface area contributed by atoms with Gasteiger partial charge in [-0.2, -0.15) is 0 Å². The van der Waals surface area contributed by atoms with Crippen molar-refractivity contribution in [2.24, 2.45) is 63.6 Å². The fourth-order valence-corrected chi connectivity index (χ4v) is 10.3. The van der Waals surface area contributed by atoms with E-state index in [1.807, 2.05) is 0 Å². The molecule has 0 spiro atoms. The molecule has 0 saturated heterocycles. The van der Waals surface area contributed by atoms with Crippen LogP contribution in [0.2, 0.25) is 0 Å². The maximum Gasteiger partial charge on any atom is 0.0577 e. The maximum atomic E-state index is 10.3. The monoisotopic (exact) mass is 426 g/mol. The summed E-state index contributed by atoms with van der Waals surface area (Å²) >= 11 is 0. The largest absolute Gasteiger partial charge is 0.393 e. The van der Waals surface area contributed by atoms with Crippen LogP contribution in [0.3, 0.4) is 0 Å². The zero-order valence-corrected chi connectivity index (χ0v) is 21.6. The van der Waals surface area contributed by atoms with Crippen LogP contribution in [0, 0.1) is 63.6 Å². The van der Waals surface area contributed by atoms with Gasteiger partial charge >= 0.3 is 0 Å². The van der Waals surface area contributed by atoms with E-state index in [9.17, 15) is 5.11 Å². The lowest BCUT2D eigenvalue weighted by Crippen LogP contribution is -2.51. The minimum absolute atomic E-state index is 0.0810. The Kier molecular flexibility index (Phi) is 5.33. The summed E-state index contributed by atoms with van der Waals surface area (Å²) in [5.41, 5.74) is 3.17. The molecule has 4 fully saturated rings. The lowest BCUT2D eigenvalue weighted by atomic mass is 9.47. The van der Waals surface area contributed by atoms with Gasteiger partial charge in [0.15, 0.2) is 0 Å². The number of hydrogen-bond acceptors (Lipinski definition) is 1. The van der Waals surface area contributed by atoms with Crippen molar-refractivity contribution < 1.29 is 5.11 Å². The van der Waals surface area contributed by atoms with Gasteiger partial charge in [-0.3, -0.25) is 0 Å². The van der Waals surface area contributed by atoms with Crippen molar-refractivity contribution in [3.05, 3.63) is 11.6 Å². The Bertz CT molecular complexity index is 737. The normalized spacial score (nSPS) is 53.3. The Hall–Kier alpha value is -0.300. The number of aliphatic hydroxyl groups is 1. The SMILES string of the molecule is CC(C)C(C)C1(C)CC1C(C)C1CCC2C3CC=C4C[C@@H](O)CCC4(C)C3CCC12C. The molecule has 31 heavy (non-hydrogen) atoms. The smallest absolute Gasteiger partial charge is 0.0577 e. The standard InChI is InChI=1S/C30H50O/c1-18(2)20(4)30(7)17-27(30)19(3)24-10-11-25-23-9-8-21-16-22(31)12-14-28(21,5)26(23)13-15-29(24,25)6/h8,18-20,22-27,31H,9-17H2,1-7H3/t19?,20?,22-,23?,24?,25?,26?,27?,28?,29?,30?/m0/s1. The van der Waals surface area contributed by atoms with E-state index in [2.05, 4.69) is 54.5 Å². The molecule has 0 radical (unpaired) electrons. The predicted molar refractivity (Wildman–Crippen MR) is 131 cm³/mol. The highest BCUT2D eigenvalue weighted by atomic mass is 16.3. The molecule has 0 aliphatic heterocycles. The van der Waals surface area contributed by atoms with E-state index in [0.717, 1.165) is 60.2 Å². The molecule has 5 rings (SSSR count). The van der Waals surface area contributed by atoms with Crippen molar-refractivity contribution in [3.8, 4) is 0 Å². The fourth-order valence-electron chi connectivity index (χ4n) is 10.3. The summed E-state index contributed by atoms with van der Waals surface area (Å²) in [6.07, 6.45) is 14.4. The van der Waals surface area contributed by atoms with E-state index < -0.39 is 0 Å². The molecular weight excluding hydrogens is 376 g/mol. The number of hydrogen-bond donors (Lipinski definition) is 1. The van der Waals surface area contributed by atoms with Gasteiger partial charge in [0.1, 0.15) is 0 Å². The first kappa shape index (κ1) is 22.5. The molecule has 0 heterocycles. The molecule has 1 nitrogen and oxygen atoms in total. The highest BCUT2D eigenvalue weighted by molar-refractivity contribution is 5.25. The topological polar surface area (TPSA) is 20.2 Å². The molecular formula is C30H50O. The third-order valence-electron chi connectivity index (χ3n) is 12.8. The van der Waals surface area contributed by atoms with Crippen LogP contribution < -0.4 is 0 Å². The lowest BCUT2D eigenvalue weighted by Gasteiger charge is -2.58. The van der Waals surface area contributed by atoms with Crippen LogP contribution in [0.1, 0.15) is 106 Å².